The molecule has 1 saturated carbocycles. The van der Waals surface area contributed by atoms with Gasteiger partial charge in [-0.15, -0.1) is 0 Å². The van der Waals surface area contributed by atoms with Crippen molar-refractivity contribution in [3.05, 3.63) is 96.1 Å². The molecule has 0 unspecified atom stereocenters. The first-order valence-corrected chi connectivity index (χ1v) is 17.0. The Labute approximate surface area is 288 Å². The Hall–Kier alpha value is -5.29. The van der Waals surface area contributed by atoms with E-state index in [2.05, 4.69) is 4.98 Å². The van der Waals surface area contributed by atoms with Crippen molar-refractivity contribution in [2.45, 2.75) is 47.7 Å². The average Bonchev–Trinajstić information content (AvgIpc) is 3.87. The number of aliphatic carboxylic acids is 2. The number of nitrogens with zero attached hydrogens (tertiary/aromatic N) is 3. The third-order valence-corrected chi connectivity index (χ3v) is 11.0. The molecular formula is C34H32F4N4O8S. The molecular weight excluding hydrogens is 700 g/mol. The number of pyridine rings is 1. The summed E-state index contributed by atoms with van der Waals surface area (Å²) in [6.45, 7) is 0.0460. The van der Waals surface area contributed by atoms with Crippen LogP contribution >= 0.6 is 0 Å². The lowest BCUT2D eigenvalue weighted by molar-refractivity contribution is -0.192. The molecule has 12 nitrogen and oxygen atoms in total. The van der Waals surface area contributed by atoms with Crippen molar-refractivity contribution in [3.63, 3.8) is 0 Å². The Morgan fingerprint density at radius 3 is 2.31 bits per heavy atom. The highest BCUT2D eigenvalue weighted by molar-refractivity contribution is 7.92. The molecule has 1 aromatic heterocycles. The van der Waals surface area contributed by atoms with Gasteiger partial charge in [0, 0.05) is 24.3 Å². The van der Waals surface area contributed by atoms with E-state index in [4.69, 9.17) is 20.5 Å². The third kappa shape index (κ3) is 7.73. The molecule has 1 amide bonds. The number of hydrogen-bond acceptors (Lipinski definition) is 9. The van der Waals surface area contributed by atoms with E-state index in [1.807, 2.05) is 6.07 Å². The molecule has 4 aromatic rings. The highest BCUT2D eigenvalue weighted by atomic mass is 32.2. The minimum Gasteiger partial charge on any atom is -0.494 e. The average molecular weight is 733 g/mol. The minimum absolute atomic E-state index is 0.0335. The van der Waals surface area contributed by atoms with Gasteiger partial charge in [-0.25, -0.2) is 23.4 Å². The Morgan fingerprint density at radius 2 is 1.69 bits per heavy atom. The molecule has 2 aliphatic rings. The van der Waals surface area contributed by atoms with Crippen molar-refractivity contribution >= 4 is 44.1 Å². The molecule has 1 aliphatic carbocycles. The molecule has 51 heavy (non-hydrogen) atoms. The summed E-state index contributed by atoms with van der Waals surface area (Å²) in [5.74, 6) is 0.458. The predicted octanol–water partition coefficient (Wildman–Crippen LogP) is 5.05. The van der Waals surface area contributed by atoms with Crippen LogP contribution in [-0.2, 0) is 24.2 Å². The van der Waals surface area contributed by atoms with Gasteiger partial charge in [0.2, 0.25) is 0 Å². The number of hydrogen-bond donors (Lipinski definition) is 3. The van der Waals surface area contributed by atoms with E-state index in [1.165, 1.54) is 41.3 Å². The number of rotatable bonds is 9. The largest absolute Gasteiger partial charge is 0.494 e. The lowest BCUT2D eigenvalue weighted by Crippen LogP contribution is -2.47. The van der Waals surface area contributed by atoms with Crippen LogP contribution in [-0.4, -0.2) is 71.4 Å². The maximum Gasteiger partial charge on any atom is 0.490 e. The van der Waals surface area contributed by atoms with E-state index < -0.39 is 62.9 Å². The monoisotopic (exact) mass is 732 g/mol. The molecule has 3 aromatic carbocycles. The van der Waals surface area contributed by atoms with Gasteiger partial charge in [0.25, 0.3) is 5.91 Å². The molecule has 2 heterocycles. The number of halogens is 4. The summed E-state index contributed by atoms with van der Waals surface area (Å²) < 4.78 is 78.3. The number of hydrazine groups is 1. The van der Waals surface area contributed by atoms with Gasteiger partial charge in [0.1, 0.15) is 6.04 Å². The topological polar surface area (TPSA) is 180 Å². The molecule has 1 saturated heterocycles. The van der Waals surface area contributed by atoms with Gasteiger partial charge in [0.05, 0.1) is 34.9 Å². The zero-order chi connectivity index (χ0) is 37.2. The number of benzene rings is 3. The highest BCUT2D eigenvalue weighted by Gasteiger charge is 2.48. The molecule has 17 heteroatoms. The number of methoxy groups -OCH3 is 1. The molecule has 0 bridgehead atoms. The van der Waals surface area contributed by atoms with Crippen LogP contribution in [0.3, 0.4) is 0 Å². The van der Waals surface area contributed by atoms with E-state index in [-0.39, 0.29) is 29.2 Å². The van der Waals surface area contributed by atoms with E-state index >= 15 is 0 Å². The van der Waals surface area contributed by atoms with Gasteiger partial charge in [-0.05, 0) is 72.2 Å². The molecule has 0 radical (unpaired) electrons. The van der Waals surface area contributed by atoms with Crippen LogP contribution in [0.15, 0.2) is 84.0 Å². The number of alkyl halides is 3. The van der Waals surface area contributed by atoms with Crippen LogP contribution in [0.5, 0.6) is 5.75 Å². The maximum absolute atomic E-state index is 14.7. The van der Waals surface area contributed by atoms with Gasteiger partial charge >= 0.3 is 18.1 Å². The standard InChI is InChI=1S/C32H31FN4O6S.C2HF3O2/c1-43-27-17-20(7-11-26(27)33)29(37(34)22-8-6-21-18-35-14-12-19(21)16-22)31(38)36-15-13-25(32(39)40)30(36)24-4-2-3-5-28(24)44(41,42)23-9-10-23;3-2(4,5)1(6)7/h2-8,11-12,14,16-18,23,25,29-30H,9-10,13,15,34H2,1H3,(H,39,40);(H,6,7)/t25-,29+,30-;/m0./s1. The number of fused-ring (bicyclic) bond motifs is 1. The summed E-state index contributed by atoms with van der Waals surface area (Å²) in [7, 11) is -2.42. The number of sulfone groups is 1. The fourth-order valence-electron chi connectivity index (χ4n) is 6.03. The number of carboxylic acids is 2. The van der Waals surface area contributed by atoms with Gasteiger partial charge in [-0.1, -0.05) is 30.3 Å². The van der Waals surface area contributed by atoms with Crippen LogP contribution in [0.25, 0.3) is 10.8 Å². The Balaban J connectivity index is 0.000000654. The van der Waals surface area contributed by atoms with E-state index in [0.29, 0.717) is 24.1 Å². The van der Waals surface area contributed by atoms with E-state index in [1.54, 1.807) is 48.8 Å². The van der Waals surface area contributed by atoms with Gasteiger partial charge in [-0.2, -0.15) is 13.2 Å². The molecule has 0 spiro atoms. The summed E-state index contributed by atoms with van der Waals surface area (Å²) in [6, 6.07) is 15.1. The summed E-state index contributed by atoms with van der Waals surface area (Å²) in [5.41, 5.74) is 1.03. The van der Waals surface area contributed by atoms with Gasteiger partial charge in [-0.3, -0.25) is 19.6 Å². The quantitative estimate of drug-likeness (QED) is 0.119. The number of amides is 1. The third-order valence-electron chi connectivity index (χ3n) is 8.67. The second-order valence-corrected chi connectivity index (χ2v) is 14.1. The van der Waals surface area contributed by atoms with E-state index in [9.17, 15) is 40.7 Å². The molecule has 3 atom stereocenters. The van der Waals surface area contributed by atoms with Crippen LogP contribution in [0.2, 0.25) is 0 Å². The smallest absolute Gasteiger partial charge is 0.490 e. The van der Waals surface area contributed by atoms with Crippen LogP contribution in [0, 0.1) is 11.7 Å². The maximum atomic E-state index is 14.7. The first kappa shape index (κ1) is 37.0. The molecule has 4 N–H and O–H groups in total. The van der Waals surface area contributed by atoms with Crippen molar-refractivity contribution in [2.24, 2.45) is 11.8 Å². The zero-order valence-corrected chi connectivity index (χ0v) is 27.6. The van der Waals surface area contributed by atoms with Crippen molar-refractivity contribution in [3.8, 4) is 5.75 Å². The summed E-state index contributed by atoms with van der Waals surface area (Å²) in [4.78, 5) is 41.7. The van der Waals surface area contributed by atoms with Crippen molar-refractivity contribution < 1.29 is 55.3 Å². The Bertz CT molecular complexity index is 2080. The first-order chi connectivity index (χ1) is 24.1. The number of carboxylic acid groups (broad SMARTS) is 2. The fourth-order valence-corrected chi connectivity index (χ4v) is 7.93. The number of carbonyl (C=O) groups excluding carboxylic acids is 1. The molecule has 1 aliphatic heterocycles. The fraction of sp³-hybridized carbons (Fsp3) is 0.294. The van der Waals surface area contributed by atoms with Crippen molar-refractivity contribution in [2.75, 3.05) is 18.7 Å². The summed E-state index contributed by atoms with van der Waals surface area (Å²) >= 11 is 0. The zero-order valence-electron chi connectivity index (χ0n) is 26.8. The molecule has 6 rings (SSSR count). The lowest BCUT2D eigenvalue weighted by atomic mass is 9.93. The number of likely N-dealkylation sites (tertiary alicyclic amines) is 1. The normalized spacial score (nSPS) is 18.0. The minimum atomic E-state index is -5.08. The lowest BCUT2D eigenvalue weighted by Gasteiger charge is -2.36. The Kier molecular flexibility index (Phi) is 10.5. The van der Waals surface area contributed by atoms with Crippen LogP contribution in [0.4, 0.5) is 23.2 Å². The predicted molar refractivity (Wildman–Crippen MR) is 175 cm³/mol. The van der Waals surface area contributed by atoms with Crippen LogP contribution in [0.1, 0.15) is 42.5 Å². The highest BCUT2D eigenvalue weighted by Crippen LogP contribution is 2.45. The Morgan fingerprint density at radius 1 is 1.00 bits per heavy atom. The second kappa shape index (κ2) is 14.5. The molecule has 270 valence electrons. The van der Waals surface area contributed by atoms with Gasteiger partial charge in [0.15, 0.2) is 21.4 Å². The number of nitrogens with two attached hydrogens (primary N) is 1. The number of carbonyl (C=O) groups is 3. The number of anilines is 1. The van der Waals surface area contributed by atoms with Gasteiger partial charge < -0.3 is 19.8 Å². The van der Waals surface area contributed by atoms with Crippen molar-refractivity contribution in [1.29, 1.82) is 0 Å². The van der Waals surface area contributed by atoms with Crippen molar-refractivity contribution in [1.82, 2.24) is 9.88 Å². The first-order valence-electron chi connectivity index (χ1n) is 15.4. The van der Waals surface area contributed by atoms with Crippen LogP contribution < -0.4 is 15.6 Å². The second-order valence-electron chi connectivity index (χ2n) is 11.9. The molecule has 2 fully saturated rings. The number of aromatic nitrogens is 1. The SMILES string of the molecule is COc1cc([C@H](C(=O)N2CC[C@H](C(=O)O)[C@@H]2c2ccccc2S(=O)(=O)C2CC2)N(N)c2ccc3cnccc3c2)ccc1F.O=C(O)C(F)(F)F. The summed E-state index contributed by atoms with van der Waals surface area (Å²) in [6.07, 6.45) is -0.581. The van der Waals surface area contributed by atoms with E-state index in [0.717, 1.165) is 10.8 Å². The number of ether oxygens (including phenoxy) is 1. The summed E-state index contributed by atoms with van der Waals surface area (Å²) in [5, 5.41) is 19.7.